The third-order valence-corrected chi connectivity index (χ3v) is 3.26. The summed E-state index contributed by atoms with van der Waals surface area (Å²) in [6.07, 6.45) is 0. The first-order valence-corrected chi connectivity index (χ1v) is 5.51. The van der Waals surface area contributed by atoms with Crippen molar-refractivity contribution < 1.29 is 13.6 Å². The zero-order chi connectivity index (χ0) is 11.7. The quantitative estimate of drug-likeness (QED) is 0.731. The van der Waals surface area contributed by atoms with Gasteiger partial charge in [0, 0.05) is 0 Å². The molecular weight excluding hydrogens is 230 g/mol. The van der Waals surface area contributed by atoms with E-state index < -0.39 is 17.4 Å². The van der Waals surface area contributed by atoms with Crippen LogP contribution in [0, 0.1) is 18.6 Å². The first-order valence-electron chi connectivity index (χ1n) is 4.63. The molecule has 82 valence electrons. The predicted molar refractivity (Wildman–Crippen MR) is 58.8 cm³/mol. The van der Waals surface area contributed by atoms with Crippen LogP contribution in [0.5, 0.6) is 0 Å². The minimum Gasteiger partial charge on any atom is -0.288 e. The molecule has 0 aliphatic carbocycles. The second-order valence-corrected chi connectivity index (χ2v) is 4.30. The highest BCUT2D eigenvalue weighted by atomic mass is 32.1. The maximum atomic E-state index is 13.4. The number of hydrogen-bond acceptors (Lipinski definition) is 2. The fraction of sp³-hybridized carbons (Fsp3) is 0.0833. The van der Waals surface area contributed by atoms with Crippen LogP contribution in [-0.4, -0.2) is 5.78 Å². The monoisotopic (exact) mass is 238 g/mol. The Labute approximate surface area is 95.4 Å². The Hall–Kier alpha value is -1.55. The number of carbonyl (C=O) groups excluding carboxylic acids is 1. The minimum atomic E-state index is -0.695. The molecule has 0 bridgehead atoms. The van der Waals surface area contributed by atoms with E-state index in [4.69, 9.17) is 0 Å². The summed E-state index contributed by atoms with van der Waals surface area (Å²) in [5.41, 5.74) is 0.559. The number of ketones is 1. The van der Waals surface area contributed by atoms with Gasteiger partial charge in [-0.15, -0.1) is 11.3 Å². The molecule has 2 aromatic rings. The molecule has 0 saturated heterocycles. The summed E-state index contributed by atoms with van der Waals surface area (Å²) < 4.78 is 26.3. The summed E-state index contributed by atoms with van der Waals surface area (Å²) in [6, 6.07) is 4.66. The van der Waals surface area contributed by atoms with Gasteiger partial charge in [0.1, 0.15) is 11.6 Å². The average Bonchev–Trinajstić information content (AvgIpc) is 2.67. The lowest BCUT2D eigenvalue weighted by atomic mass is 10.1. The maximum absolute atomic E-state index is 13.4. The minimum absolute atomic E-state index is 0.217. The van der Waals surface area contributed by atoms with Crippen LogP contribution >= 0.6 is 11.3 Å². The van der Waals surface area contributed by atoms with Crippen LogP contribution in [0.25, 0.3) is 0 Å². The Bertz CT molecular complexity index is 546. The molecule has 0 atom stereocenters. The Morgan fingerprint density at radius 3 is 2.62 bits per heavy atom. The molecular formula is C12H8F2OS. The fourth-order valence-corrected chi connectivity index (χ4v) is 2.28. The summed E-state index contributed by atoms with van der Waals surface area (Å²) in [6.45, 7) is 1.76. The molecule has 0 amide bonds. The smallest absolute Gasteiger partial charge is 0.206 e. The van der Waals surface area contributed by atoms with Gasteiger partial charge in [0.15, 0.2) is 0 Å². The van der Waals surface area contributed by atoms with E-state index in [9.17, 15) is 13.6 Å². The Morgan fingerprint density at radius 1 is 1.25 bits per heavy atom. The van der Waals surface area contributed by atoms with E-state index in [0.717, 1.165) is 23.8 Å². The van der Waals surface area contributed by atoms with Gasteiger partial charge in [-0.1, -0.05) is 0 Å². The highest BCUT2D eigenvalue weighted by Gasteiger charge is 2.17. The van der Waals surface area contributed by atoms with Crippen LogP contribution in [0.3, 0.4) is 0 Å². The van der Waals surface area contributed by atoms with Crippen molar-refractivity contribution in [2.24, 2.45) is 0 Å². The fourth-order valence-electron chi connectivity index (χ4n) is 1.40. The summed E-state index contributed by atoms with van der Waals surface area (Å²) in [7, 11) is 0. The van der Waals surface area contributed by atoms with Crippen molar-refractivity contribution in [2.45, 2.75) is 6.92 Å². The van der Waals surface area contributed by atoms with Crippen molar-refractivity contribution in [3.63, 3.8) is 0 Å². The normalized spacial score (nSPS) is 10.4. The van der Waals surface area contributed by atoms with Gasteiger partial charge in [-0.25, -0.2) is 8.78 Å². The molecule has 0 fully saturated rings. The van der Waals surface area contributed by atoms with Gasteiger partial charge in [0.25, 0.3) is 0 Å². The van der Waals surface area contributed by atoms with Crippen molar-refractivity contribution in [1.82, 2.24) is 0 Å². The van der Waals surface area contributed by atoms with Crippen molar-refractivity contribution in [2.75, 3.05) is 0 Å². The van der Waals surface area contributed by atoms with E-state index in [1.165, 1.54) is 11.3 Å². The van der Waals surface area contributed by atoms with Crippen LogP contribution < -0.4 is 0 Å². The highest BCUT2D eigenvalue weighted by molar-refractivity contribution is 7.12. The first kappa shape index (κ1) is 11.0. The molecule has 1 heterocycles. The number of aryl methyl sites for hydroxylation is 1. The SMILES string of the molecule is Cc1ccsc1C(=O)c1cc(F)ccc1F. The standard InChI is InChI=1S/C12H8F2OS/c1-7-4-5-16-12(7)11(15)9-6-8(13)2-3-10(9)14/h2-6H,1H3. The number of hydrogen-bond donors (Lipinski definition) is 0. The third-order valence-electron chi connectivity index (χ3n) is 2.24. The zero-order valence-electron chi connectivity index (χ0n) is 8.46. The first-order chi connectivity index (χ1) is 7.59. The molecule has 1 aromatic carbocycles. The van der Waals surface area contributed by atoms with Crippen molar-refractivity contribution in [1.29, 1.82) is 0 Å². The Balaban J connectivity index is 2.49. The van der Waals surface area contributed by atoms with Crippen LogP contribution in [0.4, 0.5) is 8.78 Å². The highest BCUT2D eigenvalue weighted by Crippen LogP contribution is 2.21. The van der Waals surface area contributed by atoms with Crippen LogP contribution in [0.15, 0.2) is 29.6 Å². The maximum Gasteiger partial charge on any atom is 0.206 e. The predicted octanol–water partition coefficient (Wildman–Crippen LogP) is 3.57. The average molecular weight is 238 g/mol. The summed E-state index contributed by atoms with van der Waals surface area (Å²) in [4.78, 5) is 12.4. The number of halogens is 2. The summed E-state index contributed by atoms with van der Waals surface area (Å²) in [5, 5.41) is 1.75. The van der Waals surface area contributed by atoms with Gasteiger partial charge in [-0.05, 0) is 42.1 Å². The molecule has 0 N–H and O–H groups in total. The lowest BCUT2D eigenvalue weighted by molar-refractivity contribution is 0.103. The van der Waals surface area contributed by atoms with Crippen molar-refractivity contribution >= 4 is 17.1 Å². The molecule has 0 spiro atoms. The van der Waals surface area contributed by atoms with Crippen molar-refractivity contribution in [3.8, 4) is 0 Å². The van der Waals surface area contributed by atoms with Crippen LogP contribution in [0.2, 0.25) is 0 Å². The summed E-state index contributed by atoms with van der Waals surface area (Å²) >= 11 is 1.23. The summed E-state index contributed by atoms with van der Waals surface area (Å²) in [5.74, 6) is -1.78. The zero-order valence-corrected chi connectivity index (χ0v) is 9.28. The van der Waals surface area contributed by atoms with E-state index in [-0.39, 0.29) is 5.56 Å². The number of rotatable bonds is 2. The van der Waals surface area contributed by atoms with Gasteiger partial charge in [0.2, 0.25) is 5.78 Å². The van der Waals surface area contributed by atoms with Crippen molar-refractivity contribution in [3.05, 3.63) is 57.3 Å². The van der Waals surface area contributed by atoms with E-state index in [0.29, 0.717) is 4.88 Å². The van der Waals surface area contributed by atoms with Gasteiger partial charge in [-0.3, -0.25) is 4.79 Å². The molecule has 1 aromatic heterocycles. The molecule has 0 radical (unpaired) electrons. The molecule has 0 unspecified atom stereocenters. The van der Waals surface area contributed by atoms with Gasteiger partial charge in [-0.2, -0.15) is 0 Å². The second kappa shape index (κ2) is 4.14. The second-order valence-electron chi connectivity index (χ2n) is 3.39. The van der Waals surface area contributed by atoms with Gasteiger partial charge >= 0.3 is 0 Å². The van der Waals surface area contributed by atoms with Crippen LogP contribution in [-0.2, 0) is 0 Å². The van der Waals surface area contributed by atoms with E-state index in [1.807, 2.05) is 0 Å². The topological polar surface area (TPSA) is 17.1 Å². The molecule has 0 aliphatic rings. The van der Waals surface area contributed by atoms with E-state index in [1.54, 1.807) is 18.4 Å². The largest absolute Gasteiger partial charge is 0.288 e. The van der Waals surface area contributed by atoms with Gasteiger partial charge < -0.3 is 0 Å². The van der Waals surface area contributed by atoms with Crippen LogP contribution in [0.1, 0.15) is 20.8 Å². The lowest BCUT2D eigenvalue weighted by Gasteiger charge is -2.01. The van der Waals surface area contributed by atoms with E-state index >= 15 is 0 Å². The molecule has 2 rings (SSSR count). The van der Waals surface area contributed by atoms with Gasteiger partial charge in [0.05, 0.1) is 10.4 Å². The number of benzene rings is 1. The number of carbonyl (C=O) groups is 1. The number of thiophene rings is 1. The molecule has 0 saturated carbocycles. The molecule has 0 aliphatic heterocycles. The third kappa shape index (κ3) is 1.88. The lowest BCUT2D eigenvalue weighted by Crippen LogP contribution is -2.04. The molecule has 4 heteroatoms. The van der Waals surface area contributed by atoms with E-state index in [2.05, 4.69) is 0 Å². The molecule has 1 nitrogen and oxygen atoms in total. The molecule has 16 heavy (non-hydrogen) atoms. The Kier molecular flexibility index (Phi) is 2.83. The Morgan fingerprint density at radius 2 is 2.00 bits per heavy atom.